The second kappa shape index (κ2) is 9.36. The van der Waals surface area contributed by atoms with E-state index in [4.69, 9.17) is 9.47 Å². The highest BCUT2D eigenvalue weighted by molar-refractivity contribution is 5.72. The minimum atomic E-state index is -0.464. The molecule has 0 heterocycles. The standard InChI is InChI=1S/C23H26O4/c24-17-23(18-26-20-9-3-1-4-10-20)14-7-8-19(13-15-23)16-22(25)27-21-11-5-2-6-12-21/h1-6,9-12,17,19H,7-8,13-16,18H2. The summed E-state index contributed by atoms with van der Waals surface area (Å²) in [5, 5.41) is 0. The van der Waals surface area contributed by atoms with Gasteiger partial charge in [-0.1, -0.05) is 42.8 Å². The zero-order chi connectivity index (χ0) is 19.0. The number of aldehydes is 1. The first kappa shape index (κ1) is 19.2. The molecule has 0 aliphatic heterocycles. The number of carbonyl (C=O) groups is 2. The lowest BCUT2D eigenvalue weighted by Gasteiger charge is -2.26. The van der Waals surface area contributed by atoms with Crippen LogP contribution >= 0.6 is 0 Å². The molecule has 1 aliphatic carbocycles. The van der Waals surface area contributed by atoms with E-state index in [1.807, 2.05) is 48.5 Å². The Morgan fingerprint density at radius 1 is 0.963 bits per heavy atom. The van der Waals surface area contributed by atoms with Crippen LogP contribution in [0.4, 0.5) is 0 Å². The van der Waals surface area contributed by atoms with Crippen molar-refractivity contribution in [3.8, 4) is 11.5 Å². The van der Waals surface area contributed by atoms with Crippen LogP contribution < -0.4 is 9.47 Å². The van der Waals surface area contributed by atoms with Crippen LogP contribution in [0.2, 0.25) is 0 Å². The molecule has 2 aromatic rings. The van der Waals surface area contributed by atoms with Gasteiger partial charge >= 0.3 is 5.97 Å². The highest BCUT2D eigenvalue weighted by Gasteiger charge is 2.34. The molecule has 4 heteroatoms. The summed E-state index contributed by atoms with van der Waals surface area (Å²) in [6, 6.07) is 18.7. The fourth-order valence-corrected chi connectivity index (χ4v) is 3.65. The maximum Gasteiger partial charge on any atom is 0.311 e. The smallest absolute Gasteiger partial charge is 0.311 e. The van der Waals surface area contributed by atoms with Crippen LogP contribution in [-0.2, 0) is 9.59 Å². The number of benzene rings is 2. The predicted octanol–water partition coefficient (Wildman–Crippen LogP) is 4.83. The van der Waals surface area contributed by atoms with E-state index in [2.05, 4.69) is 0 Å². The van der Waals surface area contributed by atoms with Crippen molar-refractivity contribution in [3.63, 3.8) is 0 Å². The summed E-state index contributed by atoms with van der Waals surface area (Å²) in [5.74, 6) is 1.41. The minimum absolute atomic E-state index is 0.203. The van der Waals surface area contributed by atoms with Crippen molar-refractivity contribution >= 4 is 12.3 Å². The van der Waals surface area contributed by atoms with Crippen molar-refractivity contribution in [2.75, 3.05) is 6.61 Å². The third-order valence-corrected chi connectivity index (χ3v) is 5.29. The first-order chi connectivity index (χ1) is 13.2. The fraction of sp³-hybridized carbons (Fsp3) is 0.391. The second-order valence-corrected chi connectivity index (χ2v) is 7.37. The number of hydrogen-bond donors (Lipinski definition) is 0. The largest absolute Gasteiger partial charge is 0.493 e. The molecular formula is C23H26O4. The molecule has 0 bridgehead atoms. The monoisotopic (exact) mass is 366 g/mol. The third-order valence-electron chi connectivity index (χ3n) is 5.29. The van der Waals surface area contributed by atoms with E-state index in [9.17, 15) is 9.59 Å². The Morgan fingerprint density at radius 2 is 1.63 bits per heavy atom. The number of rotatable bonds is 7. The van der Waals surface area contributed by atoms with Gasteiger partial charge in [-0.15, -0.1) is 0 Å². The Bertz CT molecular complexity index is 729. The molecule has 3 rings (SSSR count). The van der Waals surface area contributed by atoms with Crippen LogP contribution in [0.3, 0.4) is 0 Å². The summed E-state index contributed by atoms with van der Waals surface area (Å²) in [6.45, 7) is 0.391. The molecule has 2 unspecified atom stereocenters. The van der Waals surface area contributed by atoms with Crippen LogP contribution in [0.25, 0.3) is 0 Å². The van der Waals surface area contributed by atoms with Gasteiger partial charge < -0.3 is 14.3 Å². The van der Waals surface area contributed by atoms with Crippen LogP contribution in [0, 0.1) is 11.3 Å². The molecule has 2 atom stereocenters. The van der Waals surface area contributed by atoms with Gasteiger partial charge in [0, 0.05) is 6.42 Å². The average Bonchev–Trinajstić information content (AvgIpc) is 2.91. The molecule has 1 saturated carbocycles. The topological polar surface area (TPSA) is 52.6 Å². The molecule has 142 valence electrons. The molecule has 0 radical (unpaired) electrons. The van der Waals surface area contributed by atoms with Gasteiger partial charge in [0.1, 0.15) is 24.4 Å². The first-order valence-electron chi connectivity index (χ1n) is 9.59. The highest BCUT2D eigenvalue weighted by Crippen LogP contribution is 2.37. The van der Waals surface area contributed by atoms with E-state index in [0.717, 1.165) is 44.1 Å². The molecular weight excluding hydrogens is 340 g/mol. The summed E-state index contributed by atoms with van der Waals surface area (Å²) < 4.78 is 11.3. The maximum atomic E-state index is 12.2. The lowest BCUT2D eigenvalue weighted by molar-refractivity contribution is -0.135. The molecule has 2 aromatic carbocycles. The van der Waals surface area contributed by atoms with Crippen molar-refractivity contribution in [1.29, 1.82) is 0 Å². The number of carbonyl (C=O) groups excluding carboxylic acids is 2. The number of esters is 1. The fourth-order valence-electron chi connectivity index (χ4n) is 3.65. The number of hydrogen-bond acceptors (Lipinski definition) is 4. The van der Waals surface area contributed by atoms with Gasteiger partial charge in [0.15, 0.2) is 0 Å². The first-order valence-corrected chi connectivity index (χ1v) is 9.59. The van der Waals surface area contributed by atoms with E-state index in [0.29, 0.717) is 18.8 Å². The lowest BCUT2D eigenvalue weighted by Crippen LogP contribution is -2.30. The van der Waals surface area contributed by atoms with Crippen LogP contribution in [-0.4, -0.2) is 18.9 Å². The zero-order valence-electron chi connectivity index (χ0n) is 15.5. The summed E-state index contributed by atoms with van der Waals surface area (Å²) in [6.07, 6.45) is 5.68. The van der Waals surface area contributed by atoms with E-state index in [1.54, 1.807) is 12.1 Å². The van der Waals surface area contributed by atoms with Gasteiger partial charge in [-0.25, -0.2) is 0 Å². The molecule has 0 N–H and O–H groups in total. The minimum Gasteiger partial charge on any atom is -0.493 e. The number of ether oxygens (including phenoxy) is 2. The molecule has 0 aromatic heterocycles. The van der Waals surface area contributed by atoms with Gasteiger partial charge in [-0.3, -0.25) is 4.79 Å². The van der Waals surface area contributed by atoms with Gasteiger partial charge in [0.25, 0.3) is 0 Å². The summed E-state index contributed by atoms with van der Waals surface area (Å²) in [4.78, 5) is 24.1. The Morgan fingerprint density at radius 3 is 2.30 bits per heavy atom. The Labute approximate surface area is 160 Å². The average molecular weight is 366 g/mol. The molecule has 27 heavy (non-hydrogen) atoms. The SMILES string of the molecule is O=CC1(COc2ccccc2)CCCC(CC(=O)Oc2ccccc2)CC1. The summed E-state index contributed by atoms with van der Waals surface area (Å²) in [5.41, 5.74) is -0.464. The van der Waals surface area contributed by atoms with Gasteiger partial charge in [-0.2, -0.15) is 0 Å². The van der Waals surface area contributed by atoms with Crippen molar-refractivity contribution < 1.29 is 19.1 Å². The Balaban J connectivity index is 1.52. The molecule has 0 amide bonds. The molecule has 4 nitrogen and oxygen atoms in total. The lowest BCUT2D eigenvalue weighted by atomic mass is 9.82. The molecule has 1 fully saturated rings. The van der Waals surface area contributed by atoms with Crippen molar-refractivity contribution in [2.24, 2.45) is 11.3 Å². The van der Waals surface area contributed by atoms with Crippen molar-refractivity contribution in [2.45, 2.75) is 38.5 Å². The van der Waals surface area contributed by atoms with Crippen LogP contribution in [0.5, 0.6) is 11.5 Å². The maximum absolute atomic E-state index is 12.2. The van der Waals surface area contributed by atoms with Gasteiger partial charge in [0.2, 0.25) is 0 Å². The summed E-state index contributed by atoms with van der Waals surface area (Å²) in [7, 11) is 0. The van der Waals surface area contributed by atoms with Crippen molar-refractivity contribution in [3.05, 3.63) is 60.7 Å². The van der Waals surface area contributed by atoms with Crippen LogP contribution in [0.15, 0.2) is 60.7 Å². The highest BCUT2D eigenvalue weighted by atomic mass is 16.5. The second-order valence-electron chi connectivity index (χ2n) is 7.37. The van der Waals surface area contributed by atoms with Crippen LogP contribution in [0.1, 0.15) is 38.5 Å². The summed E-state index contributed by atoms with van der Waals surface area (Å²) >= 11 is 0. The van der Waals surface area contributed by atoms with E-state index < -0.39 is 5.41 Å². The van der Waals surface area contributed by atoms with E-state index in [1.165, 1.54) is 0 Å². The molecule has 1 aliphatic rings. The van der Waals surface area contributed by atoms with E-state index in [-0.39, 0.29) is 11.9 Å². The molecule has 0 spiro atoms. The zero-order valence-corrected chi connectivity index (χ0v) is 15.5. The molecule has 0 saturated heterocycles. The van der Waals surface area contributed by atoms with E-state index >= 15 is 0 Å². The third kappa shape index (κ3) is 5.68. The van der Waals surface area contributed by atoms with Crippen molar-refractivity contribution in [1.82, 2.24) is 0 Å². The normalized spacial score (nSPS) is 22.4. The van der Waals surface area contributed by atoms with Gasteiger partial charge in [-0.05, 0) is 55.9 Å². The Hall–Kier alpha value is -2.62. The quantitative estimate of drug-likeness (QED) is 0.305. The number of para-hydroxylation sites is 2. The predicted molar refractivity (Wildman–Crippen MR) is 104 cm³/mol. The Kier molecular flexibility index (Phi) is 6.64. The van der Waals surface area contributed by atoms with Gasteiger partial charge in [0.05, 0.1) is 5.41 Å².